The van der Waals surface area contributed by atoms with Gasteiger partial charge in [-0.1, -0.05) is 41.4 Å². The Kier molecular flexibility index (Phi) is 11.0. The summed E-state index contributed by atoms with van der Waals surface area (Å²) in [6, 6.07) is 15.7. The number of nitriles is 1. The standard InChI is InChI=1S/C29H25Cl2FN4O.C7H6F2O.C5H9N/c1-15-19-14-22(23-8-4-12-36(23)29(37)16-9-10-16)35-27(19)20-13-17(5-3-11-33)24(26(32)28(20)34-15)18-6-2-7-21(30)25(18)31;8-6-2-1-3-7(9)5(6)4-10;1-4-2-5(1)6-3-4/h2,6-7,13-14,16,23,35H,3-5,8-10,12H2,1H3;1-3,10H,4H2;4-6H,1-3H2. The molecule has 3 aromatic carbocycles. The fourth-order valence-corrected chi connectivity index (χ4v) is 8.15. The molecule has 5 aliphatic rings. The second-order valence-electron chi connectivity index (χ2n) is 14.4. The zero-order chi connectivity index (χ0) is 37.4. The van der Waals surface area contributed by atoms with Crippen molar-refractivity contribution < 1.29 is 23.1 Å². The van der Waals surface area contributed by atoms with Gasteiger partial charge in [0.25, 0.3) is 0 Å². The number of aromatic amines is 1. The van der Waals surface area contributed by atoms with E-state index in [4.69, 9.17) is 28.3 Å². The summed E-state index contributed by atoms with van der Waals surface area (Å²) in [4.78, 5) is 23.1. The number of aryl methyl sites for hydroxylation is 2. The van der Waals surface area contributed by atoms with Gasteiger partial charge < -0.3 is 20.3 Å². The first kappa shape index (κ1) is 37.2. The Labute approximate surface area is 316 Å². The normalized spacial score (nSPS) is 20.0. The first-order valence-corrected chi connectivity index (χ1v) is 18.9. The molecule has 12 heteroatoms. The Morgan fingerprint density at radius 3 is 2.40 bits per heavy atom. The third-order valence-corrected chi connectivity index (χ3v) is 11.6. The maximum absolute atomic E-state index is 16.3. The number of fused-ring (bicyclic) bond motifs is 4. The van der Waals surface area contributed by atoms with Gasteiger partial charge in [0.1, 0.15) is 17.2 Å². The molecule has 0 spiro atoms. The number of rotatable bonds is 6. The lowest BCUT2D eigenvalue weighted by Crippen LogP contribution is -2.31. The van der Waals surface area contributed by atoms with Gasteiger partial charge >= 0.3 is 0 Å². The molecule has 276 valence electrons. The molecular weight excluding hydrogens is 722 g/mol. The molecule has 3 saturated heterocycles. The molecule has 1 unspecified atom stereocenters. The minimum atomic E-state index is -0.706. The SMILES string of the molecule is C1NC2CC1C2.Cc1nc2c(F)c(-c3cccc(Cl)c3Cl)c(CCC#N)cc2c2[nH]c(C3CCCN3C(=O)C3CC3)cc12.OCc1c(F)cccc1F. The zero-order valence-electron chi connectivity index (χ0n) is 29.3. The molecule has 5 aromatic rings. The summed E-state index contributed by atoms with van der Waals surface area (Å²) in [5.41, 5.74) is 3.90. The molecule has 1 amide bonds. The minimum absolute atomic E-state index is 0.0117. The Balaban J connectivity index is 0.000000222. The number of carbonyl (C=O) groups is 1. The summed E-state index contributed by atoms with van der Waals surface area (Å²) < 4.78 is 41.2. The molecule has 1 atom stereocenters. The van der Waals surface area contributed by atoms with Crippen LogP contribution in [0.1, 0.15) is 73.5 Å². The number of nitrogens with one attached hydrogen (secondary N) is 2. The van der Waals surface area contributed by atoms with Crippen molar-refractivity contribution in [2.24, 2.45) is 11.8 Å². The number of H-pyrrole nitrogens is 1. The quantitative estimate of drug-likeness (QED) is 0.160. The molecule has 3 N–H and O–H groups in total. The third-order valence-electron chi connectivity index (χ3n) is 10.8. The Bertz CT molecular complexity index is 2190. The summed E-state index contributed by atoms with van der Waals surface area (Å²) in [7, 11) is 0. The van der Waals surface area contributed by atoms with Crippen LogP contribution in [-0.2, 0) is 17.8 Å². The van der Waals surface area contributed by atoms with Crippen LogP contribution in [0.5, 0.6) is 0 Å². The molecule has 2 aliphatic carbocycles. The van der Waals surface area contributed by atoms with Crippen LogP contribution < -0.4 is 5.32 Å². The Hall–Kier alpha value is -4.14. The van der Waals surface area contributed by atoms with E-state index in [0.717, 1.165) is 72.9 Å². The van der Waals surface area contributed by atoms with Gasteiger partial charge in [0.2, 0.25) is 5.91 Å². The van der Waals surface area contributed by atoms with Crippen molar-refractivity contribution in [1.29, 1.82) is 5.26 Å². The number of pyridine rings is 1. The van der Waals surface area contributed by atoms with Crippen molar-refractivity contribution in [1.82, 2.24) is 20.2 Å². The number of carbonyl (C=O) groups excluding carboxylic acids is 1. The van der Waals surface area contributed by atoms with Crippen LogP contribution in [0.2, 0.25) is 10.0 Å². The predicted octanol–water partition coefficient (Wildman–Crippen LogP) is 9.49. The van der Waals surface area contributed by atoms with Gasteiger partial charge in [-0.25, -0.2) is 18.2 Å². The number of aromatic nitrogens is 2. The van der Waals surface area contributed by atoms with Crippen LogP contribution in [-0.4, -0.2) is 45.0 Å². The lowest BCUT2D eigenvalue weighted by Gasteiger charge is -2.24. The number of hydrogen-bond acceptors (Lipinski definition) is 5. The summed E-state index contributed by atoms with van der Waals surface area (Å²) in [6.45, 7) is 3.35. The average molecular weight is 763 g/mol. The van der Waals surface area contributed by atoms with Gasteiger partial charge in [-0.2, -0.15) is 5.26 Å². The van der Waals surface area contributed by atoms with Crippen LogP contribution in [0.25, 0.3) is 32.9 Å². The second kappa shape index (κ2) is 15.7. The van der Waals surface area contributed by atoms with Gasteiger partial charge in [0.15, 0.2) is 5.82 Å². The molecule has 0 radical (unpaired) electrons. The van der Waals surface area contributed by atoms with Crippen molar-refractivity contribution in [2.45, 2.75) is 77.0 Å². The molecule has 53 heavy (non-hydrogen) atoms. The Morgan fingerprint density at radius 2 is 1.79 bits per heavy atom. The van der Waals surface area contributed by atoms with Gasteiger partial charge in [-0.3, -0.25) is 4.79 Å². The molecule has 7 nitrogen and oxygen atoms in total. The summed E-state index contributed by atoms with van der Waals surface area (Å²) in [5.74, 6) is -0.404. The lowest BCUT2D eigenvalue weighted by molar-refractivity contribution is -0.133. The second-order valence-corrected chi connectivity index (χ2v) is 15.1. The van der Waals surface area contributed by atoms with Crippen molar-refractivity contribution in [2.75, 3.05) is 13.1 Å². The van der Waals surface area contributed by atoms with E-state index in [0.29, 0.717) is 39.2 Å². The van der Waals surface area contributed by atoms with Crippen molar-refractivity contribution >= 4 is 50.9 Å². The summed E-state index contributed by atoms with van der Waals surface area (Å²) in [6.07, 6.45) is 7.35. The van der Waals surface area contributed by atoms with Gasteiger partial charge in [-0.15, -0.1) is 0 Å². The topological polar surface area (TPSA) is 105 Å². The van der Waals surface area contributed by atoms with E-state index in [1.165, 1.54) is 25.5 Å². The van der Waals surface area contributed by atoms with Crippen molar-refractivity contribution in [3.63, 3.8) is 0 Å². The Morgan fingerprint density at radius 1 is 1.06 bits per heavy atom. The minimum Gasteiger partial charge on any atom is -0.391 e. The van der Waals surface area contributed by atoms with Gasteiger partial charge in [0.05, 0.1) is 34.3 Å². The fraction of sp³-hybridized carbons (Fsp3) is 0.390. The number of halogens is 5. The first-order valence-electron chi connectivity index (χ1n) is 18.1. The van der Waals surface area contributed by atoms with Crippen LogP contribution in [0.15, 0.2) is 48.5 Å². The van der Waals surface area contributed by atoms with E-state index < -0.39 is 24.1 Å². The van der Waals surface area contributed by atoms with Gasteiger partial charge in [0, 0.05) is 63.8 Å². The van der Waals surface area contributed by atoms with E-state index in [-0.39, 0.29) is 40.4 Å². The molecular formula is C41H40Cl2F3N5O2. The summed E-state index contributed by atoms with van der Waals surface area (Å²) in [5, 5.41) is 23.2. The number of aliphatic hydroxyl groups is 1. The molecule has 2 aromatic heterocycles. The van der Waals surface area contributed by atoms with E-state index in [9.17, 15) is 18.8 Å². The maximum atomic E-state index is 16.3. The molecule has 10 rings (SSSR count). The monoisotopic (exact) mass is 761 g/mol. The first-order chi connectivity index (χ1) is 25.6. The summed E-state index contributed by atoms with van der Waals surface area (Å²) >= 11 is 12.8. The maximum Gasteiger partial charge on any atom is 0.226 e. The largest absolute Gasteiger partial charge is 0.391 e. The molecule has 2 saturated carbocycles. The van der Waals surface area contributed by atoms with E-state index >= 15 is 4.39 Å². The number of hydrogen-bond donors (Lipinski definition) is 3. The number of amides is 1. The fourth-order valence-electron chi connectivity index (χ4n) is 7.75. The lowest BCUT2D eigenvalue weighted by atomic mass is 9.87. The highest BCUT2D eigenvalue weighted by Gasteiger charge is 2.39. The highest BCUT2D eigenvalue weighted by Crippen LogP contribution is 2.43. The van der Waals surface area contributed by atoms with Crippen molar-refractivity contribution in [3.8, 4) is 17.2 Å². The van der Waals surface area contributed by atoms with E-state index in [1.807, 2.05) is 17.9 Å². The van der Waals surface area contributed by atoms with Crippen LogP contribution in [0, 0.1) is 47.5 Å². The van der Waals surface area contributed by atoms with Crippen LogP contribution in [0.3, 0.4) is 0 Å². The molecule has 3 aliphatic heterocycles. The van der Waals surface area contributed by atoms with Gasteiger partial charge in [-0.05, 0) is 100 Å². The molecule has 5 fully saturated rings. The molecule has 5 heterocycles. The smallest absolute Gasteiger partial charge is 0.226 e. The zero-order valence-corrected chi connectivity index (χ0v) is 30.8. The van der Waals surface area contributed by atoms with E-state index in [1.54, 1.807) is 18.2 Å². The highest BCUT2D eigenvalue weighted by atomic mass is 35.5. The molecule has 2 bridgehead atoms. The number of nitrogens with zero attached hydrogens (tertiary/aromatic N) is 3. The number of benzene rings is 3. The van der Waals surface area contributed by atoms with Crippen LogP contribution >= 0.6 is 23.2 Å². The van der Waals surface area contributed by atoms with Crippen LogP contribution in [0.4, 0.5) is 13.2 Å². The third kappa shape index (κ3) is 7.50. The number of likely N-dealkylation sites (tertiary alicyclic amines) is 1. The predicted molar refractivity (Wildman–Crippen MR) is 201 cm³/mol. The number of aliphatic hydroxyl groups excluding tert-OH is 1. The average Bonchev–Trinajstić information content (AvgIpc) is 3.53. The van der Waals surface area contributed by atoms with Crippen molar-refractivity contribution in [3.05, 3.63) is 98.5 Å². The highest BCUT2D eigenvalue weighted by molar-refractivity contribution is 6.43. The van der Waals surface area contributed by atoms with E-state index in [2.05, 4.69) is 27.4 Å².